The van der Waals surface area contributed by atoms with Gasteiger partial charge in [0.05, 0.1) is 0 Å². The second kappa shape index (κ2) is 7.85. The van der Waals surface area contributed by atoms with Gasteiger partial charge in [-0.15, -0.1) is 0 Å². The minimum atomic E-state index is -0.138. The van der Waals surface area contributed by atoms with E-state index in [-0.39, 0.29) is 5.91 Å². The second-order valence-corrected chi connectivity index (χ2v) is 6.67. The van der Waals surface area contributed by atoms with E-state index in [0.717, 1.165) is 49.8 Å². The summed E-state index contributed by atoms with van der Waals surface area (Å²) in [5.41, 5.74) is 2.31. The number of anilines is 2. The van der Waals surface area contributed by atoms with Crippen LogP contribution in [0, 0.1) is 6.92 Å². The monoisotopic (exact) mass is 358 g/mol. The van der Waals surface area contributed by atoms with E-state index in [9.17, 15) is 4.79 Å². The topological polar surface area (TPSA) is 48.5 Å². The number of carbonyl (C=O) groups is 1. The number of likely N-dealkylation sites (N-methyl/N-ethyl adjacent to an activating group) is 1. The van der Waals surface area contributed by atoms with Crippen LogP contribution in [0.4, 0.5) is 11.5 Å². The van der Waals surface area contributed by atoms with Crippen LogP contribution in [0.1, 0.15) is 22.8 Å². The van der Waals surface area contributed by atoms with Gasteiger partial charge < -0.3 is 15.1 Å². The van der Waals surface area contributed by atoms with Gasteiger partial charge in [0.15, 0.2) is 0 Å². The summed E-state index contributed by atoms with van der Waals surface area (Å²) in [5.74, 6) is 0.720. The van der Waals surface area contributed by atoms with E-state index in [1.54, 1.807) is 18.3 Å². The number of pyridine rings is 1. The van der Waals surface area contributed by atoms with Gasteiger partial charge in [-0.05, 0) is 49.4 Å². The first-order valence-electron chi connectivity index (χ1n) is 8.57. The number of nitrogens with one attached hydrogen (secondary N) is 1. The summed E-state index contributed by atoms with van der Waals surface area (Å²) < 4.78 is 0. The fraction of sp³-hybridized carbons (Fsp3) is 0.368. The first-order valence-corrected chi connectivity index (χ1v) is 8.95. The minimum Gasteiger partial charge on any atom is -0.354 e. The lowest BCUT2D eigenvalue weighted by Crippen LogP contribution is -2.46. The SMILES string of the molecule is CCN1CCN(c2cc(C(=O)Nc3ccc(Cl)cc3C)ccn2)CC1. The molecule has 0 unspecified atom stereocenters. The Labute approximate surface area is 153 Å². The molecule has 0 radical (unpaired) electrons. The van der Waals surface area contributed by atoms with Gasteiger partial charge in [-0.25, -0.2) is 4.98 Å². The molecule has 0 saturated carbocycles. The predicted octanol–water partition coefficient (Wildman–Crippen LogP) is 3.44. The maximum atomic E-state index is 12.6. The van der Waals surface area contributed by atoms with Crippen molar-refractivity contribution >= 4 is 29.0 Å². The van der Waals surface area contributed by atoms with Crippen molar-refractivity contribution < 1.29 is 4.79 Å². The van der Waals surface area contributed by atoms with Crippen LogP contribution in [-0.2, 0) is 0 Å². The van der Waals surface area contributed by atoms with Gasteiger partial charge in [-0.1, -0.05) is 18.5 Å². The number of halogens is 1. The number of rotatable bonds is 4. The minimum absolute atomic E-state index is 0.138. The first-order chi connectivity index (χ1) is 12.1. The standard InChI is InChI=1S/C19H23ClN4O/c1-3-23-8-10-24(11-9-23)18-13-15(6-7-21-18)19(25)22-17-5-4-16(20)12-14(17)2/h4-7,12-13H,3,8-11H2,1-2H3,(H,22,25). The fourth-order valence-corrected chi connectivity index (χ4v) is 3.21. The summed E-state index contributed by atoms with van der Waals surface area (Å²) in [5, 5.41) is 3.61. The van der Waals surface area contributed by atoms with Crippen LogP contribution in [-0.4, -0.2) is 48.5 Å². The smallest absolute Gasteiger partial charge is 0.255 e. The van der Waals surface area contributed by atoms with Crippen molar-refractivity contribution in [2.24, 2.45) is 0 Å². The normalized spacial score (nSPS) is 15.2. The van der Waals surface area contributed by atoms with E-state index < -0.39 is 0 Å². The van der Waals surface area contributed by atoms with Gasteiger partial charge in [-0.2, -0.15) is 0 Å². The largest absolute Gasteiger partial charge is 0.354 e. The number of hydrogen-bond acceptors (Lipinski definition) is 4. The molecular weight excluding hydrogens is 336 g/mol. The summed E-state index contributed by atoms with van der Waals surface area (Å²) in [4.78, 5) is 21.7. The maximum absolute atomic E-state index is 12.6. The Morgan fingerprint density at radius 2 is 1.96 bits per heavy atom. The number of benzene rings is 1. The van der Waals surface area contributed by atoms with E-state index in [2.05, 4.69) is 27.0 Å². The van der Waals surface area contributed by atoms with Gasteiger partial charge in [0.1, 0.15) is 5.82 Å². The van der Waals surface area contributed by atoms with Crippen molar-refractivity contribution in [3.8, 4) is 0 Å². The Hall–Kier alpha value is -2.11. The maximum Gasteiger partial charge on any atom is 0.255 e. The lowest BCUT2D eigenvalue weighted by atomic mass is 10.1. The molecule has 0 bridgehead atoms. The molecule has 2 aromatic rings. The third-order valence-electron chi connectivity index (χ3n) is 4.59. The van der Waals surface area contributed by atoms with Crippen molar-refractivity contribution in [3.05, 3.63) is 52.7 Å². The molecule has 3 rings (SSSR count). The predicted molar refractivity (Wildman–Crippen MR) is 103 cm³/mol. The highest BCUT2D eigenvalue weighted by molar-refractivity contribution is 6.30. The Kier molecular flexibility index (Phi) is 5.56. The Bertz CT molecular complexity index is 757. The molecule has 5 nitrogen and oxygen atoms in total. The average molecular weight is 359 g/mol. The molecule has 0 atom stereocenters. The Morgan fingerprint density at radius 1 is 1.20 bits per heavy atom. The molecule has 1 aliphatic heterocycles. The molecule has 132 valence electrons. The van der Waals surface area contributed by atoms with Crippen LogP contribution in [0.2, 0.25) is 5.02 Å². The summed E-state index contributed by atoms with van der Waals surface area (Å²) in [6.45, 7) is 9.09. The van der Waals surface area contributed by atoms with E-state index in [1.807, 2.05) is 25.1 Å². The van der Waals surface area contributed by atoms with Crippen LogP contribution >= 0.6 is 11.6 Å². The Balaban J connectivity index is 1.71. The molecule has 1 aromatic heterocycles. The first kappa shape index (κ1) is 17.7. The van der Waals surface area contributed by atoms with Gasteiger partial charge in [0, 0.05) is 48.6 Å². The van der Waals surface area contributed by atoms with Crippen molar-refractivity contribution in [2.45, 2.75) is 13.8 Å². The highest BCUT2D eigenvalue weighted by atomic mass is 35.5. The molecule has 1 N–H and O–H groups in total. The molecule has 0 aliphatic carbocycles. The molecule has 6 heteroatoms. The van der Waals surface area contributed by atoms with Gasteiger partial charge in [0.25, 0.3) is 5.91 Å². The van der Waals surface area contributed by atoms with Crippen LogP contribution in [0.25, 0.3) is 0 Å². The average Bonchev–Trinajstić information content (AvgIpc) is 2.64. The number of carbonyl (C=O) groups excluding carboxylic acids is 1. The molecule has 0 spiro atoms. The lowest BCUT2D eigenvalue weighted by Gasteiger charge is -2.34. The quantitative estimate of drug-likeness (QED) is 0.909. The molecule has 1 saturated heterocycles. The van der Waals surface area contributed by atoms with Crippen molar-refractivity contribution in [2.75, 3.05) is 42.9 Å². The number of amides is 1. The number of nitrogens with zero attached hydrogens (tertiary/aromatic N) is 3. The third kappa shape index (κ3) is 4.30. The van der Waals surface area contributed by atoms with Crippen LogP contribution in [0.3, 0.4) is 0 Å². The zero-order chi connectivity index (χ0) is 17.8. The number of aromatic nitrogens is 1. The molecule has 25 heavy (non-hydrogen) atoms. The van der Waals surface area contributed by atoms with E-state index in [4.69, 9.17) is 11.6 Å². The van der Waals surface area contributed by atoms with Crippen LogP contribution < -0.4 is 10.2 Å². The van der Waals surface area contributed by atoms with E-state index in [1.165, 1.54) is 0 Å². The van der Waals surface area contributed by atoms with Gasteiger partial charge >= 0.3 is 0 Å². The van der Waals surface area contributed by atoms with Gasteiger partial charge in [-0.3, -0.25) is 4.79 Å². The third-order valence-corrected chi connectivity index (χ3v) is 4.82. The number of aryl methyl sites for hydroxylation is 1. The van der Waals surface area contributed by atoms with Crippen molar-refractivity contribution in [1.82, 2.24) is 9.88 Å². The lowest BCUT2D eigenvalue weighted by molar-refractivity contribution is 0.102. The summed E-state index contributed by atoms with van der Waals surface area (Å²) in [6.07, 6.45) is 1.70. The van der Waals surface area contributed by atoms with Crippen molar-refractivity contribution in [1.29, 1.82) is 0 Å². The number of hydrogen-bond donors (Lipinski definition) is 1. The number of piperazine rings is 1. The zero-order valence-corrected chi connectivity index (χ0v) is 15.4. The van der Waals surface area contributed by atoms with Crippen molar-refractivity contribution in [3.63, 3.8) is 0 Å². The van der Waals surface area contributed by atoms with E-state index >= 15 is 0 Å². The fourth-order valence-electron chi connectivity index (χ4n) is 2.99. The molecular formula is C19H23ClN4O. The highest BCUT2D eigenvalue weighted by Gasteiger charge is 2.18. The highest BCUT2D eigenvalue weighted by Crippen LogP contribution is 2.21. The molecule has 1 aliphatic rings. The molecule has 1 fully saturated rings. The Morgan fingerprint density at radius 3 is 2.64 bits per heavy atom. The molecule has 1 amide bonds. The van der Waals surface area contributed by atoms with Crippen LogP contribution in [0.15, 0.2) is 36.5 Å². The van der Waals surface area contributed by atoms with Gasteiger partial charge in [0.2, 0.25) is 0 Å². The van der Waals surface area contributed by atoms with E-state index in [0.29, 0.717) is 10.6 Å². The summed E-state index contributed by atoms with van der Waals surface area (Å²) >= 11 is 5.97. The molecule has 2 heterocycles. The summed E-state index contributed by atoms with van der Waals surface area (Å²) in [6, 6.07) is 9.04. The second-order valence-electron chi connectivity index (χ2n) is 6.24. The molecule has 1 aromatic carbocycles. The van der Waals surface area contributed by atoms with Crippen LogP contribution in [0.5, 0.6) is 0 Å². The summed E-state index contributed by atoms with van der Waals surface area (Å²) in [7, 11) is 0. The zero-order valence-electron chi connectivity index (χ0n) is 14.6.